The van der Waals surface area contributed by atoms with Crippen molar-refractivity contribution in [2.24, 2.45) is 5.73 Å². The predicted molar refractivity (Wildman–Crippen MR) is 68.2 cm³/mol. The number of ether oxygens (including phenoxy) is 1. The minimum absolute atomic E-state index is 0.0470. The molecule has 2 aromatic rings. The van der Waals surface area contributed by atoms with Gasteiger partial charge in [0.25, 0.3) is 0 Å². The van der Waals surface area contributed by atoms with Gasteiger partial charge in [0.15, 0.2) is 0 Å². The number of nitrogens with zero attached hydrogens (tertiary/aromatic N) is 1. The Morgan fingerprint density at radius 3 is 3.12 bits per heavy atom. The lowest BCUT2D eigenvalue weighted by Gasteiger charge is -2.29. The van der Waals surface area contributed by atoms with Gasteiger partial charge in [0.1, 0.15) is 11.9 Å². The topological polar surface area (TPSA) is 48.1 Å². The maximum Gasteiger partial charge on any atom is 0.136 e. The van der Waals surface area contributed by atoms with Gasteiger partial charge in [-0.2, -0.15) is 0 Å². The van der Waals surface area contributed by atoms with Gasteiger partial charge in [0.05, 0.1) is 10.4 Å². The zero-order chi connectivity index (χ0) is 11.8. The highest BCUT2D eigenvalue weighted by Gasteiger charge is 2.27. The van der Waals surface area contributed by atoms with E-state index in [4.69, 9.17) is 10.5 Å². The predicted octanol–water partition coefficient (Wildman–Crippen LogP) is 2.98. The Labute approximate surface area is 104 Å². The normalized spacial score (nSPS) is 22.9. The number of aryl methyl sites for hydroxylation is 1. The van der Waals surface area contributed by atoms with Gasteiger partial charge in [-0.25, -0.2) is 0 Å². The minimum Gasteiger partial charge on any atom is -0.484 e. The first-order valence-corrected chi connectivity index (χ1v) is 6.53. The van der Waals surface area contributed by atoms with Gasteiger partial charge in [-0.05, 0) is 13.0 Å². The fraction of sp³-hybridized carbons (Fsp3) is 0.308. The van der Waals surface area contributed by atoms with Gasteiger partial charge in [-0.3, -0.25) is 4.98 Å². The largest absolute Gasteiger partial charge is 0.484 e. The number of hydrogen-bond acceptors (Lipinski definition) is 4. The fourth-order valence-electron chi connectivity index (χ4n) is 2.18. The van der Waals surface area contributed by atoms with E-state index in [-0.39, 0.29) is 12.1 Å². The van der Waals surface area contributed by atoms with Gasteiger partial charge in [-0.1, -0.05) is 17.7 Å². The number of benzene rings is 1. The average Bonchev–Trinajstić information content (AvgIpc) is 2.83. The van der Waals surface area contributed by atoms with Crippen molar-refractivity contribution in [2.75, 3.05) is 0 Å². The Bertz CT molecular complexity index is 524. The second-order valence-electron chi connectivity index (χ2n) is 4.39. The molecule has 0 fully saturated rings. The monoisotopic (exact) mass is 246 g/mol. The lowest BCUT2D eigenvalue weighted by Crippen LogP contribution is -2.23. The summed E-state index contributed by atoms with van der Waals surface area (Å²) in [7, 11) is 0. The molecule has 1 aliphatic rings. The van der Waals surface area contributed by atoms with E-state index in [0.29, 0.717) is 0 Å². The van der Waals surface area contributed by atoms with Crippen LogP contribution in [0.15, 0.2) is 29.9 Å². The molecule has 1 aromatic carbocycles. The van der Waals surface area contributed by atoms with Gasteiger partial charge < -0.3 is 10.5 Å². The van der Waals surface area contributed by atoms with Crippen LogP contribution >= 0.6 is 11.3 Å². The number of aromatic nitrogens is 1. The Morgan fingerprint density at radius 1 is 1.47 bits per heavy atom. The lowest BCUT2D eigenvalue weighted by molar-refractivity contribution is 0.164. The first-order valence-electron chi connectivity index (χ1n) is 5.65. The molecule has 0 aliphatic carbocycles. The summed E-state index contributed by atoms with van der Waals surface area (Å²) < 4.78 is 5.99. The molecule has 0 spiro atoms. The van der Waals surface area contributed by atoms with Crippen molar-refractivity contribution in [3.8, 4) is 5.75 Å². The van der Waals surface area contributed by atoms with Crippen LogP contribution in [0.5, 0.6) is 5.75 Å². The minimum atomic E-state index is 0.0470. The van der Waals surface area contributed by atoms with Crippen molar-refractivity contribution in [3.63, 3.8) is 0 Å². The fourth-order valence-corrected chi connectivity index (χ4v) is 2.84. The van der Waals surface area contributed by atoms with Crippen LogP contribution in [-0.4, -0.2) is 4.98 Å². The number of thiazole rings is 1. The summed E-state index contributed by atoms with van der Waals surface area (Å²) in [6.45, 7) is 2.07. The molecule has 0 bridgehead atoms. The molecule has 2 atom stereocenters. The molecule has 2 heterocycles. The van der Waals surface area contributed by atoms with E-state index >= 15 is 0 Å². The first kappa shape index (κ1) is 10.7. The Hall–Kier alpha value is -1.39. The van der Waals surface area contributed by atoms with E-state index in [1.165, 1.54) is 5.56 Å². The van der Waals surface area contributed by atoms with E-state index in [2.05, 4.69) is 24.0 Å². The maximum absolute atomic E-state index is 6.22. The summed E-state index contributed by atoms with van der Waals surface area (Å²) in [5.41, 5.74) is 10.4. The summed E-state index contributed by atoms with van der Waals surface area (Å²) in [6.07, 6.45) is 2.73. The molecular weight excluding hydrogens is 232 g/mol. The molecule has 0 saturated heterocycles. The van der Waals surface area contributed by atoms with Crippen LogP contribution in [0.3, 0.4) is 0 Å². The second kappa shape index (κ2) is 4.13. The number of fused-ring (bicyclic) bond motifs is 1. The molecule has 17 heavy (non-hydrogen) atoms. The molecule has 2 N–H and O–H groups in total. The second-order valence-corrected chi connectivity index (χ2v) is 5.31. The van der Waals surface area contributed by atoms with E-state index in [1.54, 1.807) is 11.3 Å². The van der Waals surface area contributed by atoms with E-state index in [1.807, 2.05) is 17.8 Å². The molecule has 88 valence electrons. The summed E-state index contributed by atoms with van der Waals surface area (Å²) in [5, 5.41) is 0. The number of nitrogens with two attached hydrogens (primary N) is 1. The van der Waals surface area contributed by atoms with Crippen molar-refractivity contribution >= 4 is 11.3 Å². The van der Waals surface area contributed by atoms with E-state index < -0.39 is 0 Å². The van der Waals surface area contributed by atoms with Gasteiger partial charge in [0.2, 0.25) is 0 Å². The molecule has 4 heteroatoms. The maximum atomic E-state index is 6.22. The van der Waals surface area contributed by atoms with Crippen LogP contribution in [-0.2, 0) is 0 Å². The van der Waals surface area contributed by atoms with Gasteiger partial charge in [-0.15, -0.1) is 11.3 Å². The van der Waals surface area contributed by atoms with Crippen molar-refractivity contribution < 1.29 is 4.74 Å². The molecular formula is C13H14N2OS. The quantitative estimate of drug-likeness (QED) is 0.841. The smallest absolute Gasteiger partial charge is 0.136 e. The molecule has 3 rings (SSSR count). The van der Waals surface area contributed by atoms with Crippen molar-refractivity contribution in [2.45, 2.75) is 25.5 Å². The first-order chi connectivity index (χ1) is 8.24. The van der Waals surface area contributed by atoms with E-state index in [9.17, 15) is 0 Å². The number of hydrogen-bond donors (Lipinski definition) is 1. The third-order valence-electron chi connectivity index (χ3n) is 3.07. The van der Waals surface area contributed by atoms with Crippen molar-refractivity contribution in [3.05, 3.63) is 45.9 Å². The van der Waals surface area contributed by atoms with Crippen LogP contribution < -0.4 is 10.5 Å². The third-order valence-corrected chi connectivity index (χ3v) is 3.94. The van der Waals surface area contributed by atoms with Crippen LogP contribution in [0.4, 0.5) is 0 Å². The van der Waals surface area contributed by atoms with Crippen LogP contribution in [0.1, 0.15) is 34.6 Å². The van der Waals surface area contributed by atoms with Crippen LogP contribution in [0.25, 0.3) is 0 Å². The summed E-state index contributed by atoms with van der Waals surface area (Å²) in [5.74, 6) is 0.910. The Balaban J connectivity index is 1.96. The molecule has 1 unspecified atom stereocenters. The van der Waals surface area contributed by atoms with Gasteiger partial charge in [0, 0.05) is 24.2 Å². The summed E-state index contributed by atoms with van der Waals surface area (Å²) in [4.78, 5) is 5.24. The van der Waals surface area contributed by atoms with Crippen LogP contribution in [0, 0.1) is 6.92 Å². The highest BCUT2D eigenvalue weighted by molar-refractivity contribution is 7.09. The van der Waals surface area contributed by atoms with Gasteiger partial charge >= 0.3 is 0 Å². The molecule has 0 radical (unpaired) electrons. The highest BCUT2D eigenvalue weighted by Crippen LogP contribution is 2.40. The van der Waals surface area contributed by atoms with Crippen LogP contribution in [0.2, 0.25) is 0 Å². The molecule has 0 saturated carbocycles. The Kier molecular flexibility index (Phi) is 2.61. The standard InChI is InChI=1S/C13H14N2OS/c1-8-2-3-11-9(4-8)10(14)5-12(16-11)13-6-15-7-17-13/h2-4,6-7,10,12H,5,14H2,1H3/t10-,12?/m1/s1. The Morgan fingerprint density at radius 2 is 2.35 bits per heavy atom. The molecule has 0 amide bonds. The summed E-state index contributed by atoms with van der Waals surface area (Å²) >= 11 is 1.62. The lowest BCUT2D eigenvalue weighted by atomic mass is 9.95. The molecule has 1 aromatic heterocycles. The summed E-state index contributed by atoms with van der Waals surface area (Å²) in [6, 6.07) is 6.23. The molecule has 1 aliphatic heterocycles. The SMILES string of the molecule is Cc1ccc2c(c1)[C@H](N)CC(c1cncs1)O2. The average molecular weight is 246 g/mol. The molecule has 3 nitrogen and oxygen atoms in total. The van der Waals surface area contributed by atoms with Crippen molar-refractivity contribution in [1.82, 2.24) is 4.98 Å². The zero-order valence-corrected chi connectivity index (χ0v) is 10.4. The number of rotatable bonds is 1. The highest BCUT2D eigenvalue weighted by atomic mass is 32.1. The van der Waals surface area contributed by atoms with Crippen molar-refractivity contribution in [1.29, 1.82) is 0 Å². The van der Waals surface area contributed by atoms with E-state index in [0.717, 1.165) is 22.6 Å². The zero-order valence-electron chi connectivity index (χ0n) is 9.59. The third kappa shape index (κ3) is 1.94.